The third-order valence-corrected chi connectivity index (χ3v) is 5.02. The summed E-state index contributed by atoms with van der Waals surface area (Å²) in [7, 11) is 0. The number of aliphatic hydroxyl groups excluding tert-OH is 2. The number of aryl methyl sites for hydroxylation is 1. The molecule has 2 heterocycles. The van der Waals surface area contributed by atoms with Gasteiger partial charge in [0.25, 0.3) is 0 Å². The van der Waals surface area contributed by atoms with Crippen molar-refractivity contribution in [1.29, 1.82) is 0 Å². The van der Waals surface area contributed by atoms with Gasteiger partial charge in [0.2, 0.25) is 0 Å². The smallest absolute Gasteiger partial charge is 0.123 e. The minimum atomic E-state index is -0.482. The maximum Gasteiger partial charge on any atom is 0.123 e. The van der Waals surface area contributed by atoms with Crippen LogP contribution in [0.4, 0.5) is 4.39 Å². The molecule has 2 aromatic rings. The molecule has 0 saturated carbocycles. The van der Waals surface area contributed by atoms with E-state index in [1.165, 1.54) is 6.07 Å². The summed E-state index contributed by atoms with van der Waals surface area (Å²) in [6.07, 6.45) is 0.869. The summed E-state index contributed by atoms with van der Waals surface area (Å²) in [5.41, 5.74) is 3.10. The van der Waals surface area contributed by atoms with E-state index in [9.17, 15) is 14.6 Å². The second-order valence-corrected chi connectivity index (χ2v) is 6.67. The van der Waals surface area contributed by atoms with Crippen LogP contribution in [0.25, 0.3) is 10.9 Å². The number of fused-ring (bicyclic) bond motifs is 1. The van der Waals surface area contributed by atoms with Crippen LogP contribution in [0.2, 0.25) is 0 Å². The number of hydrogen-bond acceptors (Lipinski definition) is 3. The molecule has 1 aliphatic heterocycles. The lowest BCUT2D eigenvalue weighted by atomic mass is 10.1. The minimum Gasteiger partial charge on any atom is -0.393 e. The molecule has 0 bridgehead atoms. The fourth-order valence-corrected chi connectivity index (χ4v) is 3.53. The van der Waals surface area contributed by atoms with Gasteiger partial charge in [-0.25, -0.2) is 4.39 Å². The number of aromatic nitrogens is 1. The van der Waals surface area contributed by atoms with E-state index >= 15 is 0 Å². The average molecular weight is 320 g/mol. The molecular formula is C18H25FN2O2. The molecule has 2 N–H and O–H groups in total. The Morgan fingerprint density at radius 1 is 1.22 bits per heavy atom. The lowest BCUT2D eigenvalue weighted by molar-refractivity contribution is 0.0461. The zero-order chi connectivity index (χ0) is 16.6. The van der Waals surface area contributed by atoms with Crippen LogP contribution in [0.3, 0.4) is 0 Å². The number of rotatable bonds is 4. The first-order valence-electron chi connectivity index (χ1n) is 8.29. The van der Waals surface area contributed by atoms with Crippen LogP contribution >= 0.6 is 0 Å². The van der Waals surface area contributed by atoms with Crippen LogP contribution in [0.5, 0.6) is 0 Å². The number of β-amino-alcohol motifs (C(OH)–C–C–N with tert-alkyl or cyclic N) is 1. The molecule has 1 aromatic heterocycles. The van der Waals surface area contributed by atoms with Gasteiger partial charge in [0, 0.05) is 36.2 Å². The van der Waals surface area contributed by atoms with Crippen molar-refractivity contribution in [2.45, 2.75) is 45.4 Å². The second kappa shape index (κ2) is 6.59. The highest BCUT2D eigenvalue weighted by atomic mass is 19.1. The fourth-order valence-electron chi connectivity index (χ4n) is 3.53. The molecule has 0 aliphatic carbocycles. The van der Waals surface area contributed by atoms with E-state index in [0.29, 0.717) is 13.1 Å². The lowest BCUT2D eigenvalue weighted by Gasteiger charge is -2.31. The van der Waals surface area contributed by atoms with Crippen LogP contribution < -0.4 is 0 Å². The molecule has 1 saturated heterocycles. The maximum absolute atomic E-state index is 13.5. The molecule has 5 heteroatoms. The Morgan fingerprint density at radius 3 is 2.61 bits per heavy atom. The number of piperidine rings is 1. The SMILES string of the molecule is Cc1c(C)n(C[C@@H](O)CN2CCC(O)CC2)c2ccc(F)cc12. The summed E-state index contributed by atoms with van der Waals surface area (Å²) >= 11 is 0. The van der Waals surface area contributed by atoms with E-state index in [2.05, 4.69) is 9.47 Å². The molecule has 1 aliphatic rings. The van der Waals surface area contributed by atoms with Crippen molar-refractivity contribution >= 4 is 10.9 Å². The Morgan fingerprint density at radius 2 is 1.91 bits per heavy atom. The van der Waals surface area contributed by atoms with Gasteiger partial charge in [-0.3, -0.25) is 0 Å². The number of aliphatic hydroxyl groups is 2. The fraction of sp³-hybridized carbons (Fsp3) is 0.556. The first-order valence-corrected chi connectivity index (χ1v) is 8.29. The Balaban J connectivity index is 1.74. The largest absolute Gasteiger partial charge is 0.393 e. The van der Waals surface area contributed by atoms with Crippen LogP contribution in [0.15, 0.2) is 18.2 Å². The zero-order valence-corrected chi connectivity index (χ0v) is 13.8. The molecule has 1 fully saturated rings. The minimum absolute atomic E-state index is 0.198. The van der Waals surface area contributed by atoms with Gasteiger partial charge in [-0.05, 0) is 50.5 Å². The van der Waals surface area contributed by atoms with E-state index in [4.69, 9.17) is 0 Å². The van der Waals surface area contributed by atoms with E-state index in [0.717, 1.165) is 48.1 Å². The third kappa shape index (κ3) is 3.42. The van der Waals surface area contributed by atoms with Crippen LogP contribution in [-0.2, 0) is 6.54 Å². The summed E-state index contributed by atoms with van der Waals surface area (Å²) in [6.45, 7) is 6.76. The molecule has 1 atom stereocenters. The van der Waals surface area contributed by atoms with Crippen molar-refractivity contribution in [2.75, 3.05) is 19.6 Å². The molecule has 0 amide bonds. The quantitative estimate of drug-likeness (QED) is 0.908. The topological polar surface area (TPSA) is 48.6 Å². The predicted molar refractivity (Wildman–Crippen MR) is 89.1 cm³/mol. The first-order chi connectivity index (χ1) is 11.0. The van der Waals surface area contributed by atoms with Crippen molar-refractivity contribution < 1.29 is 14.6 Å². The van der Waals surface area contributed by atoms with Crippen LogP contribution in [-0.4, -0.2) is 51.5 Å². The maximum atomic E-state index is 13.5. The molecule has 0 unspecified atom stereocenters. The number of benzene rings is 1. The normalized spacial score (nSPS) is 18.7. The van der Waals surface area contributed by atoms with Crippen molar-refractivity contribution in [3.05, 3.63) is 35.3 Å². The second-order valence-electron chi connectivity index (χ2n) is 6.67. The Kier molecular flexibility index (Phi) is 4.71. The van der Waals surface area contributed by atoms with E-state index in [-0.39, 0.29) is 11.9 Å². The zero-order valence-electron chi connectivity index (χ0n) is 13.8. The third-order valence-electron chi connectivity index (χ3n) is 5.02. The Labute approximate surface area is 136 Å². The van der Waals surface area contributed by atoms with Crippen molar-refractivity contribution in [2.24, 2.45) is 0 Å². The van der Waals surface area contributed by atoms with Crippen molar-refractivity contribution in [3.63, 3.8) is 0 Å². The van der Waals surface area contributed by atoms with Crippen molar-refractivity contribution in [3.8, 4) is 0 Å². The van der Waals surface area contributed by atoms with E-state index in [1.54, 1.807) is 12.1 Å². The Bertz CT molecular complexity index is 690. The van der Waals surface area contributed by atoms with Gasteiger partial charge in [-0.2, -0.15) is 0 Å². The molecule has 4 nitrogen and oxygen atoms in total. The van der Waals surface area contributed by atoms with Crippen LogP contribution in [0.1, 0.15) is 24.1 Å². The highest BCUT2D eigenvalue weighted by Gasteiger charge is 2.21. The van der Waals surface area contributed by atoms with E-state index in [1.807, 2.05) is 13.8 Å². The van der Waals surface area contributed by atoms with Crippen LogP contribution in [0, 0.1) is 19.7 Å². The number of halogens is 1. The summed E-state index contributed by atoms with van der Waals surface area (Å²) in [6, 6.07) is 4.82. The summed E-state index contributed by atoms with van der Waals surface area (Å²) in [5.74, 6) is -0.231. The monoisotopic (exact) mass is 320 g/mol. The first kappa shape index (κ1) is 16.4. The number of hydrogen-bond donors (Lipinski definition) is 2. The van der Waals surface area contributed by atoms with E-state index < -0.39 is 6.10 Å². The summed E-state index contributed by atoms with van der Waals surface area (Å²) < 4.78 is 15.6. The summed E-state index contributed by atoms with van der Waals surface area (Å²) in [5, 5.41) is 20.9. The summed E-state index contributed by atoms with van der Waals surface area (Å²) in [4.78, 5) is 2.20. The standard InChI is InChI=1S/C18H25FN2O2/c1-12-13(2)21(18-4-3-14(19)9-17(12)18)11-16(23)10-20-7-5-15(22)6-8-20/h3-4,9,15-16,22-23H,5-8,10-11H2,1-2H3/t16-/m0/s1. The molecular weight excluding hydrogens is 295 g/mol. The number of nitrogens with zero attached hydrogens (tertiary/aromatic N) is 2. The molecule has 23 heavy (non-hydrogen) atoms. The van der Waals surface area contributed by atoms with Gasteiger partial charge in [0.05, 0.1) is 18.8 Å². The molecule has 1 aromatic carbocycles. The molecule has 126 valence electrons. The highest BCUT2D eigenvalue weighted by molar-refractivity contribution is 5.85. The highest BCUT2D eigenvalue weighted by Crippen LogP contribution is 2.26. The molecule has 3 rings (SSSR count). The van der Waals surface area contributed by atoms with Gasteiger partial charge in [-0.15, -0.1) is 0 Å². The van der Waals surface area contributed by atoms with Crippen molar-refractivity contribution in [1.82, 2.24) is 9.47 Å². The van der Waals surface area contributed by atoms with Gasteiger partial charge < -0.3 is 19.7 Å². The molecule has 0 spiro atoms. The van der Waals surface area contributed by atoms with Gasteiger partial charge in [0.15, 0.2) is 0 Å². The van der Waals surface area contributed by atoms with Gasteiger partial charge in [-0.1, -0.05) is 0 Å². The number of likely N-dealkylation sites (tertiary alicyclic amines) is 1. The van der Waals surface area contributed by atoms with Gasteiger partial charge in [0.1, 0.15) is 5.82 Å². The molecule has 0 radical (unpaired) electrons. The predicted octanol–water partition coefficient (Wildman–Crippen LogP) is 2.21. The Hall–Kier alpha value is -1.43. The average Bonchev–Trinajstić information content (AvgIpc) is 2.74. The van der Waals surface area contributed by atoms with Gasteiger partial charge >= 0.3 is 0 Å². The lowest BCUT2D eigenvalue weighted by Crippen LogP contribution is -2.41.